The second-order valence-electron chi connectivity index (χ2n) is 14.1. The number of carbonyl (C=O) groups excluding carboxylic acids is 2. The summed E-state index contributed by atoms with van der Waals surface area (Å²) in [4.78, 5) is 29.7. The van der Waals surface area contributed by atoms with Gasteiger partial charge in [-0.1, -0.05) is 118 Å². The van der Waals surface area contributed by atoms with Gasteiger partial charge in [0.15, 0.2) is 0 Å². The highest BCUT2D eigenvalue weighted by Crippen LogP contribution is 2.53. The molecule has 4 aromatic rings. The Morgan fingerprint density at radius 2 is 1.38 bits per heavy atom. The van der Waals surface area contributed by atoms with Gasteiger partial charge in [0.1, 0.15) is 5.75 Å². The molecule has 0 saturated carbocycles. The van der Waals surface area contributed by atoms with Crippen molar-refractivity contribution in [3.05, 3.63) is 132 Å². The standard InChI is InChI=1S/C39H40BNO6Si/c1-39(2,3)48(28-17-9-5-10-18-28,29-19-11-6-12-20-29)46-25-26-23-32-35(38(44)41(37(32)43)27-15-7-4-8-16-27)31-24-34(47-40(45)36(26)31)30-21-13-14-22-33(30)42/h4-22,31-32,34-35,42,45H,23-25H2,1-3H3/t31-,32-,34-,35+/m0/s1. The van der Waals surface area contributed by atoms with Crippen molar-refractivity contribution in [2.24, 2.45) is 17.8 Å². The summed E-state index contributed by atoms with van der Waals surface area (Å²) in [5.74, 6) is -2.21. The number of fused-ring (bicyclic) bond motifs is 3. The lowest BCUT2D eigenvalue weighted by molar-refractivity contribution is -0.123. The predicted molar refractivity (Wildman–Crippen MR) is 189 cm³/mol. The van der Waals surface area contributed by atoms with E-state index in [2.05, 4.69) is 45.0 Å². The molecule has 2 fully saturated rings. The summed E-state index contributed by atoms with van der Waals surface area (Å²) in [7, 11) is -4.30. The van der Waals surface area contributed by atoms with Crippen LogP contribution >= 0.6 is 0 Å². The van der Waals surface area contributed by atoms with E-state index in [9.17, 15) is 19.7 Å². The maximum absolute atomic E-state index is 14.2. The molecule has 0 aromatic heterocycles. The third kappa shape index (κ3) is 5.35. The van der Waals surface area contributed by atoms with Gasteiger partial charge >= 0.3 is 7.12 Å². The second kappa shape index (κ2) is 12.6. The van der Waals surface area contributed by atoms with E-state index in [-0.39, 0.29) is 35.6 Å². The summed E-state index contributed by atoms with van der Waals surface area (Å²) in [5.41, 5.74) is 2.50. The molecule has 0 bridgehead atoms. The molecule has 48 heavy (non-hydrogen) atoms. The number of hydrogen-bond acceptors (Lipinski definition) is 6. The van der Waals surface area contributed by atoms with E-state index in [0.29, 0.717) is 23.1 Å². The number of phenols is 1. The molecule has 2 amide bonds. The third-order valence-electron chi connectivity index (χ3n) is 10.4. The molecule has 0 spiro atoms. The van der Waals surface area contributed by atoms with Gasteiger partial charge in [-0.2, -0.15) is 0 Å². The monoisotopic (exact) mass is 657 g/mol. The van der Waals surface area contributed by atoms with Gasteiger partial charge in [-0.25, -0.2) is 0 Å². The van der Waals surface area contributed by atoms with Crippen molar-refractivity contribution in [2.45, 2.75) is 44.8 Å². The van der Waals surface area contributed by atoms with Crippen molar-refractivity contribution < 1.29 is 28.8 Å². The highest BCUT2D eigenvalue weighted by atomic mass is 28.4. The Labute approximate surface area is 283 Å². The number of nitrogens with zero attached hydrogens (tertiary/aromatic N) is 1. The van der Waals surface area contributed by atoms with Crippen LogP contribution in [0.5, 0.6) is 5.75 Å². The maximum atomic E-state index is 14.2. The summed E-state index contributed by atoms with van der Waals surface area (Å²) < 4.78 is 13.5. The first-order valence-corrected chi connectivity index (χ1v) is 18.5. The van der Waals surface area contributed by atoms with Crippen LogP contribution in [0.4, 0.5) is 5.69 Å². The van der Waals surface area contributed by atoms with Crippen LogP contribution in [0.1, 0.15) is 45.3 Å². The zero-order chi connectivity index (χ0) is 33.6. The minimum atomic E-state index is -2.97. The van der Waals surface area contributed by atoms with Crippen molar-refractivity contribution in [3.63, 3.8) is 0 Å². The van der Waals surface area contributed by atoms with Crippen molar-refractivity contribution in [1.29, 1.82) is 0 Å². The molecule has 7 nitrogen and oxygen atoms in total. The van der Waals surface area contributed by atoms with E-state index in [0.717, 1.165) is 15.9 Å². The number of phenolic OH excluding ortho intramolecular Hbond substituents is 1. The highest BCUT2D eigenvalue weighted by Gasteiger charge is 2.59. The summed E-state index contributed by atoms with van der Waals surface area (Å²) in [6, 6.07) is 36.6. The van der Waals surface area contributed by atoms with E-state index in [1.807, 2.05) is 60.7 Å². The number of para-hydroxylation sites is 2. The predicted octanol–water partition coefficient (Wildman–Crippen LogP) is 5.57. The first-order valence-electron chi connectivity index (χ1n) is 16.6. The van der Waals surface area contributed by atoms with Crippen LogP contribution < -0.4 is 15.3 Å². The molecule has 2 aliphatic heterocycles. The van der Waals surface area contributed by atoms with E-state index in [1.54, 1.807) is 30.3 Å². The summed E-state index contributed by atoms with van der Waals surface area (Å²) in [6.07, 6.45) is -0.0546. The molecule has 4 aromatic carbocycles. The number of imide groups is 1. The average molecular weight is 658 g/mol. The lowest BCUT2D eigenvalue weighted by atomic mass is 9.55. The molecule has 0 unspecified atom stereocenters. The largest absolute Gasteiger partial charge is 0.508 e. The molecule has 4 atom stereocenters. The molecule has 7 rings (SSSR count). The molecular formula is C39H40BNO6Si. The van der Waals surface area contributed by atoms with Gasteiger partial charge < -0.3 is 19.2 Å². The van der Waals surface area contributed by atoms with Gasteiger partial charge in [-0.05, 0) is 63.4 Å². The van der Waals surface area contributed by atoms with E-state index in [1.165, 1.54) is 4.90 Å². The Balaban J connectivity index is 1.33. The fourth-order valence-corrected chi connectivity index (χ4v) is 12.8. The van der Waals surface area contributed by atoms with Crippen molar-refractivity contribution in [1.82, 2.24) is 0 Å². The lowest BCUT2D eigenvalue weighted by Gasteiger charge is -2.45. The zero-order valence-corrected chi connectivity index (χ0v) is 28.5. The molecule has 3 aliphatic rings. The number of carbonyl (C=O) groups is 2. The molecule has 2 heterocycles. The van der Waals surface area contributed by atoms with Gasteiger partial charge in [0.25, 0.3) is 8.32 Å². The lowest BCUT2D eigenvalue weighted by Crippen LogP contribution is -2.66. The smallest absolute Gasteiger partial charge is 0.487 e. The maximum Gasteiger partial charge on any atom is 0.487 e. The highest BCUT2D eigenvalue weighted by molar-refractivity contribution is 6.99. The van der Waals surface area contributed by atoms with Crippen LogP contribution in [-0.2, 0) is 18.7 Å². The summed E-state index contributed by atoms with van der Waals surface area (Å²) >= 11 is 0. The van der Waals surface area contributed by atoms with Crippen LogP contribution in [-0.4, -0.2) is 44.0 Å². The Morgan fingerprint density at radius 1 is 0.812 bits per heavy atom. The quantitative estimate of drug-likeness (QED) is 0.199. The number of hydrogen-bond donors (Lipinski definition) is 2. The van der Waals surface area contributed by atoms with Gasteiger partial charge in [0.2, 0.25) is 11.8 Å². The molecule has 1 aliphatic carbocycles. The van der Waals surface area contributed by atoms with E-state index >= 15 is 0 Å². The Morgan fingerprint density at radius 3 is 1.96 bits per heavy atom. The van der Waals surface area contributed by atoms with Gasteiger partial charge in [-0.3, -0.25) is 14.5 Å². The van der Waals surface area contributed by atoms with Gasteiger partial charge in [0.05, 0.1) is 30.2 Å². The number of rotatable bonds is 7. The number of allylic oxidation sites excluding steroid dienone is 1. The second-order valence-corrected chi connectivity index (χ2v) is 18.4. The van der Waals surface area contributed by atoms with Crippen LogP contribution in [0.25, 0.3) is 0 Å². The first kappa shape index (κ1) is 32.3. The normalized spacial score (nSPS) is 22.9. The van der Waals surface area contributed by atoms with Crippen molar-refractivity contribution in [2.75, 3.05) is 11.5 Å². The van der Waals surface area contributed by atoms with E-state index in [4.69, 9.17) is 9.08 Å². The van der Waals surface area contributed by atoms with Crippen LogP contribution in [0.2, 0.25) is 5.04 Å². The minimum absolute atomic E-state index is 0.0597. The molecule has 0 radical (unpaired) electrons. The van der Waals surface area contributed by atoms with Gasteiger partial charge in [0, 0.05) is 5.56 Å². The topological polar surface area (TPSA) is 96.3 Å². The molecular weight excluding hydrogens is 617 g/mol. The fourth-order valence-electron chi connectivity index (χ4n) is 8.29. The summed E-state index contributed by atoms with van der Waals surface area (Å²) in [5, 5.41) is 24.5. The average Bonchev–Trinajstić information content (AvgIpc) is 3.34. The van der Waals surface area contributed by atoms with Crippen LogP contribution in [0, 0.1) is 17.8 Å². The first-order chi connectivity index (χ1) is 23.1. The van der Waals surface area contributed by atoms with Crippen LogP contribution in [0.15, 0.2) is 126 Å². The Bertz CT molecular complexity index is 1810. The van der Waals surface area contributed by atoms with Gasteiger partial charge in [-0.15, -0.1) is 0 Å². The number of aromatic hydroxyl groups is 1. The summed E-state index contributed by atoms with van der Waals surface area (Å²) in [6.45, 7) is 6.81. The minimum Gasteiger partial charge on any atom is -0.508 e. The van der Waals surface area contributed by atoms with Crippen LogP contribution in [0.3, 0.4) is 0 Å². The number of benzene rings is 4. The number of anilines is 1. The Kier molecular flexibility index (Phi) is 8.50. The Hall–Kier alpha value is -4.28. The van der Waals surface area contributed by atoms with Crippen molar-refractivity contribution >= 4 is 43.3 Å². The fraction of sp³-hybridized carbons (Fsp3) is 0.282. The zero-order valence-electron chi connectivity index (χ0n) is 27.5. The van der Waals surface area contributed by atoms with E-state index < -0.39 is 39.3 Å². The SMILES string of the molecule is CC(C)(C)[Si](OCC1=C2B(O)O[C@H](c3ccccc3O)C[C@H]2[C@H]2C(=O)N(c3ccccc3)C(=O)[C@H]2C1)(c1ccccc1)c1ccccc1. The molecule has 9 heteroatoms. The number of amides is 2. The molecule has 2 saturated heterocycles. The molecule has 244 valence electrons. The van der Waals surface area contributed by atoms with Crippen molar-refractivity contribution in [3.8, 4) is 5.75 Å². The molecule has 2 N–H and O–H groups in total. The third-order valence-corrected chi connectivity index (χ3v) is 15.4.